The maximum atomic E-state index is 12.3. The first-order valence-electron chi connectivity index (χ1n) is 7.57. The Hall–Kier alpha value is -1.88. The van der Waals surface area contributed by atoms with Gasteiger partial charge in [-0.15, -0.1) is 0 Å². The summed E-state index contributed by atoms with van der Waals surface area (Å²) in [5.74, 6) is -1.40. The fourth-order valence-electron chi connectivity index (χ4n) is 2.68. The number of thiazole rings is 1. The predicted molar refractivity (Wildman–Crippen MR) is 96.6 cm³/mol. The molecule has 2 atom stereocenters. The lowest BCUT2D eigenvalue weighted by molar-refractivity contribution is 0.0538. The molecule has 0 spiro atoms. The fraction of sp³-hybridized carbons (Fsp3) is 0.429. The van der Waals surface area contributed by atoms with Crippen LogP contribution in [0, 0.1) is 0 Å². The summed E-state index contributed by atoms with van der Waals surface area (Å²) in [7, 11) is 1.55. The maximum absolute atomic E-state index is 12.3. The molecule has 2 unspecified atom stereocenters. The number of ether oxygens (including phenoxy) is 1. The first kappa shape index (κ1) is 18.9. The van der Waals surface area contributed by atoms with Crippen molar-refractivity contribution in [3.63, 3.8) is 0 Å². The minimum absolute atomic E-state index is 0.0308. The molecule has 1 aliphatic heterocycles. The van der Waals surface area contributed by atoms with Gasteiger partial charge in [0.25, 0.3) is 5.91 Å². The van der Waals surface area contributed by atoms with Crippen LogP contribution >= 0.6 is 34.5 Å². The average molecular weight is 420 g/mol. The minimum atomic E-state index is -1.00. The summed E-state index contributed by atoms with van der Waals surface area (Å²) < 4.78 is 5.50. The van der Waals surface area contributed by atoms with Crippen molar-refractivity contribution in [2.45, 2.75) is 18.6 Å². The van der Waals surface area contributed by atoms with E-state index in [-0.39, 0.29) is 33.2 Å². The van der Waals surface area contributed by atoms with E-state index in [2.05, 4.69) is 20.3 Å². The van der Waals surface area contributed by atoms with Crippen LogP contribution in [0.25, 0.3) is 0 Å². The van der Waals surface area contributed by atoms with Crippen molar-refractivity contribution in [1.29, 1.82) is 0 Å². The van der Waals surface area contributed by atoms with Crippen molar-refractivity contribution in [2.24, 2.45) is 0 Å². The number of anilines is 1. The van der Waals surface area contributed by atoms with Crippen LogP contribution in [0.4, 0.5) is 5.13 Å². The van der Waals surface area contributed by atoms with Crippen molar-refractivity contribution < 1.29 is 19.4 Å². The van der Waals surface area contributed by atoms with Crippen LogP contribution in [0.15, 0.2) is 6.20 Å². The van der Waals surface area contributed by atoms with Crippen molar-refractivity contribution in [2.75, 3.05) is 25.1 Å². The van der Waals surface area contributed by atoms with E-state index in [1.165, 1.54) is 6.20 Å². The standard InChI is InChI=1S/C14H15Cl2N5O4S/c1-25-7-5-21(14-17-4-8(26-14)13(23)24)3-2-6(7)18-12(22)11-19-9(15)10(16)20-11/h4,6-7H,2-3,5H2,1H3,(H,18,22)(H,19,20)(H,23,24). The zero-order chi connectivity index (χ0) is 18.8. The number of halogens is 2. The van der Waals surface area contributed by atoms with Crippen molar-refractivity contribution >= 4 is 51.5 Å². The normalized spacial score (nSPS) is 20.2. The molecule has 9 nitrogen and oxygen atoms in total. The van der Waals surface area contributed by atoms with E-state index in [0.717, 1.165) is 11.3 Å². The molecule has 2 aromatic rings. The number of amides is 1. The third-order valence-electron chi connectivity index (χ3n) is 3.99. The van der Waals surface area contributed by atoms with Gasteiger partial charge in [-0.05, 0) is 6.42 Å². The van der Waals surface area contributed by atoms with Gasteiger partial charge in [0.1, 0.15) is 10.0 Å². The zero-order valence-electron chi connectivity index (χ0n) is 13.5. The van der Waals surface area contributed by atoms with Crippen LogP contribution in [0.2, 0.25) is 10.3 Å². The van der Waals surface area contributed by atoms with Crippen LogP contribution < -0.4 is 10.2 Å². The number of hydrogen-bond acceptors (Lipinski definition) is 7. The van der Waals surface area contributed by atoms with E-state index in [0.29, 0.717) is 24.6 Å². The second kappa shape index (κ2) is 7.78. The summed E-state index contributed by atoms with van der Waals surface area (Å²) in [5.41, 5.74) is 0. The van der Waals surface area contributed by atoms with Crippen LogP contribution in [-0.2, 0) is 4.74 Å². The van der Waals surface area contributed by atoms with Gasteiger partial charge in [0.05, 0.1) is 18.3 Å². The summed E-state index contributed by atoms with van der Waals surface area (Å²) in [6.07, 6.45) is 1.63. The highest BCUT2D eigenvalue weighted by Crippen LogP contribution is 2.26. The van der Waals surface area contributed by atoms with Gasteiger partial charge in [0, 0.05) is 20.2 Å². The first-order valence-corrected chi connectivity index (χ1v) is 9.15. The Morgan fingerprint density at radius 1 is 1.50 bits per heavy atom. The van der Waals surface area contributed by atoms with E-state index in [1.54, 1.807) is 7.11 Å². The fourth-order valence-corrected chi connectivity index (χ4v) is 3.73. The summed E-state index contributed by atoms with van der Waals surface area (Å²) in [4.78, 5) is 36.0. The second-order valence-electron chi connectivity index (χ2n) is 5.59. The molecule has 0 radical (unpaired) electrons. The number of carbonyl (C=O) groups is 2. The van der Waals surface area contributed by atoms with E-state index in [4.69, 9.17) is 33.0 Å². The zero-order valence-corrected chi connectivity index (χ0v) is 15.9. The number of nitrogens with one attached hydrogen (secondary N) is 2. The Balaban J connectivity index is 1.65. The molecule has 12 heteroatoms. The first-order chi connectivity index (χ1) is 12.4. The molecule has 0 aliphatic carbocycles. The van der Waals surface area contributed by atoms with Gasteiger partial charge in [0.2, 0.25) is 0 Å². The highest BCUT2D eigenvalue weighted by atomic mass is 35.5. The van der Waals surface area contributed by atoms with Crippen LogP contribution in [-0.4, -0.2) is 64.3 Å². The van der Waals surface area contributed by atoms with Gasteiger partial charge >= 0.3 is 5.97 Å². The van der Waals surface area contributed by atoms with E-state index in [9.17, 15) is 9.59 Å². The number of aromatic nitrogens is 3. The van der Waals surface area contributed by atoms with Crippen LogP contribution in [0.1, 0.15) is 26.7 Å². The minimum Gasteiger partial charge on any atom is -0.477 e. The molecule has 3 rings (SSSR count). The van der Waals surface area contributed by atoms with Crippen molar-refractivity contribution in [3.05, 3.63) is 27.2 Å². The topological polar surface area (TPSA) is 120 Å². The number of imidazole rings is 1. The van der Waals surface area contributed by atoms with Gasteiger partial charge in [-0.1, -0.05) is 34.5 Å². The van der Waals surface area contributed by atoms with E-state index < -0.39 is 11.9 Å². The Kier molecular flexibility index (Phi) is 5.66. The molecular weight excluding hydrogens is 405 g/mol. The maximum Gasteiger partial charge on any atom is 0.347 e. The lowest BCUT2D eigenvalue weighted by atomic mass is 10.0. The molecule has 1 saturated heterocycles. The summed E-state index contributed by atoms with van der Waals surface area (Å²) in [6.45, 7) is 1.06. The second-order valence-corrected chi connectivity index (χ2v) is 7.34. The van der Waals surface area contributed by atoms with Gasteiger partial charge in [-0.3, -0.25) is 4.79 Å². The highest BCUT2D eigenvalue weighted by molar-refractivity contribution is 7.17. The lowest BCUT2D eigenvalue weighted by Crippen LogP contribution is -2.55. The van der Waals surface area contributed by atoms with Gasteiger partial charge in [0.15, 0.2) is 16.1 Å². The number of carboxylic acid groups (broad SMARTS) is 1. The number of nitrogens with zero attached hydrogens (tertiary/aromatic N) is 3. The molecule has 0 aromatic carbocycles. The third-order valence-corrected chi connectivity index (χ3v) is 5.68. The van der Waals surface area contributed by atoms with Gasteiger partial charge in [-0.25, -0.2) is 14.8 Å². The lowest BCUT2D eigenvalue weighted by Gasteiger charge is -2.37. The number of piperidine rings is 1. The molecule has 1 amide bonds. The number of hydrogen-bond donors (Lipinski definition) is 3. The number of aromatic carboxylic acids is 1. The molecular formula is C14H15Cl2N5O4S. The Morgan fingerprint density at radius 3 is 2.85 bits per heavy atom. The Morgan fingerprint density at radius 2 is 2.27 bits per heavy atom. The molecule has 3 heterocycles. The smallest absolute Gasteiger partial charge is 0.347 e. The quantitative estimate of drug-likeness (QED) is 0.676. The molecule has 3 N–H and O–H groups in total. The Labute approximate surface area is 162 Å². The number of carboxylic acids is 1. The predicted octanol–water partition coefficient (Wildman–Crippen LogP) is 1.89. The molecule has 140 valence electrons. The molecule has 0 bridgehead atoms. The van der Waals surface area contributed by atoms with Gasteiger partial charge in [-0.2, -0.15) is 0 Å². The number of carbonyl (C=O) groups excluding carboxylic acids is 1. The molecule has 1 fully saturated rings. The summed E-state index contributed by atoms with van der Waals surface area (Å²) in [6, 6.07) is -0.245. The number of H-pyrrole nitrogens is 1. The molecule has 0 saturated carbocycles. The highest BCUT2D eigenvalue weighted by Gasteiger charge is 2.32. The largest absolute Gasteiger partial charge is 0.477 e. The Bertz CT molecular complexity index is 807. The van der Waals surface area contributed by atoms with Crippen molar-refractivity contribution in [3.8, 4) is 0 Å². The number of methoxy groups -OCH3 is 1. The number of aromatic amines is 1. The average Bonchev–Trinajstić information content (AvgIpc) is 3.23. The monoisotopic (exact) mass is 419 g/mol. The van der Waals surface area contributed by atoms with Crippen molar-refractivity contribution in [1.82, 2.24) is 20.3 Å². The number of rotatable bonds is 5. The SMILES string of the molecule is COC1CN(c2ncc(C(=O)O)s2)CCC1NC(=O)c1nc(Cl)c(Cl)[nH]1. The molecule has 26 heavy (non-hydrogen) atoms. The van der Waals surface area contributed by atoms with Crippen LogP contribution in [0.5, 0.6) is 0 Å². The van der Waals surface area contributed by atoms with Crippen LogP contribution in [0.3, 0.4) is 0 Å². The molecule has 2 aromatic heterocycles. The summed E-state index contributed by atoms with van der Waals surface area (Å²) in [5, 5.41) is 12.6. The summed E-state index contributed by atoms with van der Waals surface area (Å²) >= 11 is 12.6. The van der Waals surface area contributed by atoms with Gasteiger partial charge < -0.3 is 25.0 Å². The van der Waals surface area contributed by atoms with E-state index >= 15 is 0 Å². The van der Waals surface area contributed by atoms with E-state index in [1.807, 2.05) is 4.90 Å². The molecule has 1 aliphatic rings. The third kappa shape index (κ3) is 3.93.